The van der Waals surface area contributed by atoms with E-state index in [0.29, 0.717) is 18.8 Å². The Morgan fingerprint density at radius 3 is 2.74 bits per heavy atom. The molecule has 2 aliphatic heterocycles. The number of fused-ring (bicyclic) bond motifs is 1. The Bertz CT molecular complexity index is 959. The van der Waals surface area contributed by atoms with Crippen molar-refractivity contribution in [2.75, 3.05) is 18.0 Å². The molecule has 2 aromatic carbocycles. The lowest BCUT2D eigenvalue weighted by molar-refractivity contribution is 0.138. The largest absolute Gasteiger partial charge is 0.537 e. The minimum absolute atomic E-state index is 0.138. The Balaban J connectivity index is 1.67. The van der Waals surface area contributed by atoms with Crippen LogP contribution in [0, 0.1) is 5.82 Å². The van der Waals surface area contributed by atoms with Crippen LogP contribution < -0.4 is 9.49 Å². The van der Waals surface area contributed by atoms with Crippen LogP contribution in [0.4, 0.5) is 20.6 Å². The number of azide groups is 1. The number of carbonyl (C=O) groups excluding carboxylic acids is 1. The standard InChI is InChI=1S/C19H19FN5O2/c1-13-12-25(23-22-21,19(26)27-13)16-6-7-18(17(20)10-16)24-9-8-14-4-2-3-5-15(14)11-24/h2-7,10,13H,8-9,11-12H2,1H3/q+1/t13?,25-/m0/s1. The summed E-state index contributed by atoms with van der Waals surface area (Å²) < 4.78 is 19.4. The summed E-state index contributed by atoms with van der Waals surface area (Å²) in [5.41, 5.74) is 12.1. The fourth-order valence-corrected chi connectivity index (χ4v) is 3.83. The number of rotatable bonds is 3. The molecule has 0 aliphatic carbocycles. The molecule has 27 heavy (non-hydrogen) atoms. The van der Waals surface area contributed by atoms with Gasteiger partial charge in [0.15, 0.2) is 17.6 Å². The monoisotopic (exact) mass is 368 g/mol. The molecule has 2 aromatic rings. The zero-order valence-electron chi connectivity index (χ0n) is 14.9. The molecule has 1 unspecified atom stereocenters. The van der Waals surface area contributed by atoms with Crippen LogP contribution in [0.2, 0.25) is 0 Å². The van der Waals surface area contributed by atoms with Crippen molar-refractivity contribution >= 4 is 17.5 Å². The van der Waals surface area contributed by atoms with E-state index in [9.17, 15) is 9.18 Å². The molecule has 138 valence electrons. The zero-order chi connectivity index (χ0) is 19.0. The van der Waals surface area contributed by atoms with Crippen LogP contribution in [0.25, 0.3) is 10.4 Å². The highest BCUT2D eigenvalue weighted by Gasteiger charge is 2.51. The molecule has 0 radical (unpaired) electrons. The number of halogens is 1. The molecular weight excluding hydrogens is 349 g/mol. The van der Waals surface area contributed by atoms with E-state index in [1.54, 1.807) is 19.1 Å². The number of benzene rings is 2. The summed E-state index contributed by atoms with van der Waals surface area (Å²) in [6.07, 6.45) is -0.261. The minimum Gasteiger partial charge on any atom is -0.410 e. The van der Waals surface area contributed by atoms with Gasteiger partial charge in [-0.3, -0.25) is 0 Å². The van der Waals surface area contributed by atoms with E-state index >= 15 is 0 Å². The smallest absolute Gasteiger partial charge is 0.410 e. The predicted molar refractivity (Wildman–Crippen MR) is 99.3 cm³/mol. The molecule has 1 saturated heterocycles. The maximum atomic E-state index is 15.0. The first-order chi connectivity index (χ1) is 13.0. The van der Waals surface area contributed by atoms with E-state index in [4.69, 9.17) is 10.3 Å². The van der Waals surface area contributed by atoms with Crippen molar-refractivity contribution < 1.29 is 13.9 Å². The van der Waals surface area contributed by atoms with Gasteiger partial charge < -0.3 is 9.64 Å². The topological polar surface area (TPSA) is 78.3 Å². The van der Waals surface area contributed by atoms with Gasteiger partial charge in [0.1, 0.15) is 11.8 Å². The van der Waals surface area contributed by atoms with Crippen LogP contribution in [0.1, 0.15) is 18.1 Å². The van der Waals surface area contributed by atoms with Crippen LogP contribution in [-0.4, -0.2) is 25.3 Å². The first-order valence-corrected chi connectivity index (χ1v) is 8.81. The number of hydrogen-bond acceptors (Lipinski definition) is 4. The fourth-order valence-electron chi connectivity index (χ4n) is 3.83. The van der Waals surface area contributed by atoms with Crippen molar-refractivity contribution in [1.82, 2.24) is 4.59 Å². The predicted octanol–water partition coefficient (Wildman–Crippen LogP) is 4.46. The fraction of sp³-hybridized carbons (Fsp3) is 0.316. The molecular formula is C19H19FN5O2+. The van der Waals surface area contributed by atoms with Crippen LogP contribution in [0.5, 0.6) is 0 Å². The van der Waals surface area contributed by atoms with Crippen LogP contribution >= 0.6 is 0 Å². The van der Waals surface area contributed by atoms with Crippen LogP contribution in [0.3, 0.4) is 0 Å². The Morgan fingerprint density at radius 2 is 2.07 bits per heavy atom. The molecule has 0 aromatic heterocycles. The van der Waals surface area contributed by atoms with E-state index in [1.165, 1.54) is 17.2 Å². The van der Waals surface area contributed by atoms with Crippen molar-refractivity contribution in [3.63, 3.8) is 0 Å². The first-order valence-electron chi connectivity index (χ1n) is 8.81. The van der Waals surface area contributed by atoms with E-state index in [1.807, 2.05) is 17.0 Å². The van der Waals surface area contributed by atoms with Crippen molar-refractivity contribution in [3.05, 3.63) is 69.9 Å². The number of ether oxygens (including phenoxy) is 1. The summed E-state index contributed by atoms with van der Waals surface area (Å²) in [4.78, 5) is 17.0. The lowest BCUT2D eigenvalue weighted by Gasteiger charge is -2.31. The summed E-state index contributed by atoms with van der Waals surface area (Å²) in [5.74, 6) is -0.454. The third kappa shape index (κ3) is 2.89. The van der Waals surface area contributed by atoms with Gasteiger partial charge in [-0.2, -0.15) is 4.79 Å². The van der Waals surface area contributed by atoms with Gasteiger partial charge in [0.25, 0.3) is 0 Å². The third-order valence-corrected chi connectivity index (χ3v) is 5.15. The number of amides is 1. The van der Waals surface area contributed by atoms with Gasteiger partial charge in [-0.15, -0.1) is 0 Å². The molecule has 1 amide bonds. The lowest BCUT2D eigenvalue weighted by Crippen LogP contribution is -2.44. The van der Waals surface area contributed by atoms with Crippen molar-refractivity contribution in [1.29, 1.82) is 0 Å². The van der Waals surface area contributed by atoms with Gasteiger partial charge in [-0.05, 0) is 30.5 Å². The maximum absolute atomic E-state index is 15.0. The summed E-state index contributed by atoms with van der Waals surface area (Å²) >= 11 is 0. The van der Waals surface area contributed by atoms with E-state index in [0.717, 1.165) is 6.42 Å². The van der Waals surface area contributed by atoms with Crippen molar-refractivity contribution in [3.8, 4) is 0 Å². The number of hydrogen-bond donors (Lipinski definition) is 0. The van der Waals surface area contributed by atoms with Gasteiger partial charge in [0.05, 0.1) is 10.6 Å². The third-order valence-electron chi connectivity index (χ3n) is 5.15. The van der Waals surface area contributed by atoms with E-state index in [-0.39, 0.29) is 12.2 Å². The van der Waals surface area contributed by atoms with Gasteiger partial charge in [-0.1, -0.05) is 28.9 Å². The maximum Gasteiger partial charge on any atom is 0.537 e. The average molecular weight is 368 g/mol. The SMILES string of the molecule is CC1C[N@+](N=[N+]=[N-])(c2ccc(N3CCc4ccccc4C3)c(F)c2)C(=O)O1. The Labute approximate surface area is 155 Å². The summed E-state index contributed by atoms with van der Waals surface area (Å²) in [5, 5.41) is 3.63. The number of cyclic esters (lactones) is 1. The summed E-state index contributed by atoms with van der Waals surface area (Å²) in [6.45, 7) is 3.18. The highest BCUT2D eigenvalue weighted by molar-refractivity contribution is 5.84. The van der Waals surface area contributed by atoms with Crippen molar-refractivity contribution in [2.24, 2.45) is 5.22 Å². The Morgan fingerprint density at radius 1 is 1.30 bits per heavy atom. The molecule has 0 bridgehead atoms. The van der Waals surface area contributed by atoms with Gasteiger partial charge in [0.2, 0.25) is 0 Å². The normalized spacial score (nSPS) is 24.1. The average Bonchev–Trinajstić information content (AvgIpc) is 2.95. The second-order valence-corrected chi connectivity index (χ2v) is 6.90. The first kappa shape index (κ1) is 17.3. The van der Waals surface area contributed by atoms with Crippen molar-refractivity contribution in [2.45, 2.75) is 26.0 Å². The highest BCUT2D eigenvalue weighted by atomic mass is 19.1. The highest BCUT2D eigenvalue weighted by Crippen LogP contribution is 2.35. The molecule has 8 heteroatoms. The molecule has 0 N–H and O–H groups in total. The second-order valence-electron chi connectivity index (χ2n) is 6.90. The number of anilines is 1. The molecule has 7 nitrogen and oxygen atoms in total. The van der Waals surface area contributed by atoms with E-state index < -0.39 is 22.6 Å². The quantitative estimate of drug-likeness (QED) is 0.347. The minimum atomic E-state index is -0.711. The van der Waals surface area contributed by atoms with Crippen LogP contribution in [-0.2, 0) is 17.7 Å². The Hall–Kier alpha value is -3.09. The second kappa shape index (κ2) is 6.57. The zero-order valence-corrected chi connectivity index (χ0v) is 14.9. The molecule has 2 aliphatic rings. The number of carbonyl (C=O) groups is 1. The summed E-state index contributed by atoms with van der Waals surface area (Å²) in [6, 6.07) is 12.7. The van der Waals surface area contributed by atoms with E-state index in [2.05, 4.69) is 22.3 Å². The lowest BCUT2D eigenvalue weighted by atomic mass is 9.99. The molecule has 0 saturated carbocycles. The van der Waals surface area contributed by atoms with Gasteiger partial charge in [0, 0.05) is 30.8 Å². The molecule has 2 atom stereocenters. The molecule has 4 rings (SSSR count). The number of nitrogens with zero attached hydrogens (tertiary/aromatic N) is 5. The molecule has 1 fully saturated rings. The Kier molecular flexibility index (Phi) is 4.22. The molecule has 0 spiro atoms. The van der Waals surface area contributed by atoms with Crippen LogP contribution in [0.15, 0.2) is 47.7 Å². The molecule has 2 heterocycles. The number of quaternary nitrogens is 1. The van der Waals surface area contributed by atoms with Gasteiger partial charge in [-0.25, -0.2) is 4.39 Å². The van der Waals surface area contributed by atoms with Gasteiger partial charge >= 0.3 is 6.09 Å². The summed E-state index contributed by atoms with van der Waals surface area (Å²) in [7, 11) is 0.